The fraction of sp³-hybridized carbons (Fsp3) is 0.393. The third-order valence-electron chi connectivity index (χ3n) is 6.79. The molecule has 2 aromatic carbocycles. The Morgan fingerprint density at radius 2 is 1.78 bits per heavy atom. The summed E-state index contributed by atoms with van der Waals surface area (Å²) in [5.74, 6) is 2.30. The largest absolute Gasteiger partial charge is 0.353 e. The molecule has 5 rings (SSSR count). The van der Waals surface area contributed by atoms with Crippen molar-refractivity contribution in [3.8, 4) is 0 Å². The summed E-state index contributed by atoms with van der Waals surface area (Å²) in [6, 6.07) is 16.3. The Labute approximate surface area is 216 Å². The molecule has 1 aliphatic heterocycles. The minimum absolute atomic E-state index is 0.0719. The summed E-state index contributed by atoms with van der Waals surface area (Å²) in [5.41, 5.74) is 4.55. The van der Waals surface area contributed by atoms with Crippen LogP contribution in [0.25, 0.3) is 11.3 Å². The van der Waals surface area contributed by atoms with Crippen molar-refractivity contribution in [3.63, 3.8) is 0 Å². The minimum atomic E-state index is -0.0719. The molecule has 37 heavy (non-hydrogen) atoms. The molecule has 0 spiro atoms. The standard InChI is InChI=1S/C28H33N7O2/c1-18(2)17-29-28(36)22-9-10-23(19(3)15-22)30-26-27(32-25-24(31-26)33-37-34-25)35-13-11-21(12-14-35)16-20-7-5-4-6-8-20/h4-10,15,18,21H,11-14,16-17H2,1-3H3,(H,29,36)(H,30,31,33). The molecule has 4 aromatic rings. The third-order valence-corrected chi connectivity index (χ3v) is 6.79. The number of hydrogen-bond donors (Lipinski definition) is 2. The Hall–Kier alpha value is -4.01. The number of amides is 1. The molecule has 0 bridgehead atoms. The van der Waals surface area contributed by atoms with E-state index in [1.807, 2.05) is 25.1 Å². The molecule has 1 fully saturated rings. The van der Waals surface area contributed by atoms with Gasteiger partial charge in [0.15, 0.2) is 11.6 Å². The van der Waals surface area contributed by atoms with Crippen LogP contribution in [-0.4, -0.2) is 45.8 Å². The number of carbonyl (C=O) groups is 1. The zero-order chi connectivity index (χ0) is 25.8. The summed E-state index contributed by atoms with van der Waals surface area (Å²) in [6.07, 6.45) is 3.24. The van der Waals surface area contributed by atoms with E-state index in [9.17, 15) is 4.79 Å². The first-order valence-corrected chi connectivity index (χ1v) is 12.9. The molecule has 2 N–H and O–H groups in total. The highest BCUT2D eigenvalue weighted by Gasteiger charge is 2.25. The lowest BCUT2D eigenvalue weighted by molar-refractivity contribution is 0.0949. The van der Waals surface area contributed by atoms with Crippen LogP contribution in [0.4, 0.5) is 17.3 Å². The average Bonchev–Trinajstić information content (AvgIpc) is 3.36. The number of aryl methyl sites for hydroxylation is 1. The summed E-state index contributed by atoms with van der Waals surface area (Å²) in [4.78, 5) is 24.2. The lowest BCUT2D eigenvalue weighted by atomic mass is 9.90. The Morgan fingerprint density at radius 3 is 2.49 bits per heavy atom. The van der Waals surface area contributed by atoms with E-state index in [1.54, 1.807) is 0 Å². The summed E-state index contributed by atoms with van der Waals surface area (Å²) < 4.78 is 4.89. The molecule has 0 atom stereocenters. The molecule has 192 valence electrons. The van der Waals surface area contributed by atoms with Gasteiger partial charge in [0.1, 0.15) is 0 Å². The van der Waals surface area contributed by atoms with Gasteiger partial charge in [0, 0.05) is 30.9 Å². The highest BCUT2D eigenvalue weighted by Crippen LogP contribution is 2.32. The van der Waals surface area contributed by atoms with E-state index in [1.165, 1.54) is 5.56 Å². The molecular weight excluding hydrogens is 466 g/mol. The lowest BCUT2D eigenvalue weighted by Crippen LogP contribution is -2.35. The van der Waals surface area contributed by atoms with Crippen molar-refractivity contribution in [1.82, 2.24) is 25.6 Å². The minimum Gasteiger partial charge on any atom is -0.353 e. The van der Waals surface area contributed by atoms with Gasteiger partial charge in [-0.25, -0.2) is 14.6 Å². The fourth-order valence-corrected chi connectivity index (χ4v) is 4.70. The van der Waals surface area contributed by atoms with Gasteiger partial charge in [0.05, 0.1) is 0 Å². The van der Waals surface area contributed by atoms with Crippen LogP contribution in [0.3, 0.4) is 0 Å². The topological polar surface area (TPSA) is 109 Å². The van der Waals surface area contributed by atoms with Crippen molar-refractivity contribution in [3.05, 3.63) is 65.2 Å². The predicted molar refractivity (Wildman–Crippen MR) is 144 cm³/mol. The molecule has 1 aliphatic rings. The number of aromatic nitrogens is 4. The van der Waals surface area contributed by atoms with Gasteiger partial charge < -0.3 is 15.5 Å². The second-order valence-corrected chi connectivity index (χ2v) is 10.2. The van der Waals surface area contributed by atoms with E-state index < -0.39 is 0 Å². The van der Waals surface area contributed by atoms with Crippen molar-refractivity contribution in [2.45, 2.75) is 40.0 Å². The molecule has 2 aromatic heterocycles. The Balaban J connectivity index is 1.33. The first-order valence-electron chi connectivity index (χ1n) is 12.9. The first-order chi connectivity index (χ1) is 18.0. The van der Waals surface area contributed by atoms with E-state index in [0.717, 1.165) is 49.4 Å². The van der Waals surface area contributed by atoms with Crippen LogP contribution >= 0.6 is 0 Å². The quantitative estimate of drug-likeness (QED) is 0.352. The van der Waals surface area contributed by atoms with Gasteiger partial charge in [-0.1, -0.05) is 44.2 Å². The van der Waals surface area contributed by atoms with Crippen LogP contribution in [0.1, 0.15) is 48.2 Å². The lowest BCUT2D eigenvalue weighted by Gasteiger charge is -2.33. The first kappa shape index (κ1) is 24.7. The second-order valence-electron chi connectivity index (χ2n) is 10.2. The van der Waals surface area contributed by atoms with Crippen molar-refractivity contribution in [2.75, 3.05) is 29.9 Å². The van der Waals surface area contributed by atoms with Gasteiger partial charge in [-0.05, 0) is 77.7 Å². The van der Waals surface area contributed by atoms with Crippen molar-refractivity contribution in [2.24, 2.45) is 11.8 Å². The number of carbonyl (C=O) groups excluding carboxylic acids is 1. The summed E-state index contributed by atoms with van der Waals surface area (Å²) in [7, 11) is 0. The molecule has 9 nitrogen and oxygen atoms in total. The molecule has 9 heteroatoms. The maximum absolute atomic E-state index is 12.5. The van der Waals surface area contributed by atoms with Crippen molar-refractivity contribution < 1.29 is 9.42 Å². The maximum atomic E-state index is 12.5. The van der Waals surface area contributed by atoms with Gasteiger partial charge in [-0.2, -0.15) is 0 Å². The average molecular weight is 500 g/mol. The van der Waals surface area contributed by atoms with E-state index in [0.29, 0.717) is 41.1 Å². The number of piperidine rings is 1. The molecule has 0 unspecified atom stereocenters. The van der Waals surface area contributed by atoms with E-state index >= 15 is 0 Å². The summed E-state index contributed by atoms with van der Waals surface area (Å²) >= 11 is 0. The molecule has 0 radical (unpaired) electrons. The summed E-state index contributed by atoms with van der Waals surface area (Å²) in [6.45, 7) is 8.52. The monoisotopic (exact) mass is 499 g/mol. The SMILES string of the molecule is Cc1cc(C(=O)NCC(C)C)ccc1Nc1nc2nonc2nc1N1CCC(Cc2ccccc2)CC1. The molecule has 1 amide bonds. The van der Waals surface area contributed by atoms with Crippen LogP contribution < -0.4 is 15.5 Å². The van der Waals surface area contributed by atoms with Crippen LogP contribution in [0, 0.1) is 18.8 Å². The zero-order valence-electron chi connectivity index (χ0n) is 21.6. The van der Waals surface area contributed by atoms with Crippen molar-refractivity contribution >= 4 is 34.5 Å². The van der Waals surface area contributed by atoms with Crippen LogP contribution in [0.5, 0.6) is 0 Å². The maximum Gasteiger partial charge on any atom is 0.251 e. The highest BCUT2D eigenvalue weighted by atomic mass is 16.6. The van der Waals surface area contributed by atoms with Crippen molar-refractivity contribution in [1.29, 1.82) is 0 Å². The van der Waals surface area contributed by atoms with Crippen LogP contribution in [0.15, 0.2) is 53.2 Å². The van der Waals surface area contributed by atoms with Gasteiger partial charge in [0.2, 0.25) is 11.3 Å². The normalized spacial score (nSPS) is 14.3. The zero-order valence-corrected chi connectivity index (χ0v) is 21.6. The Kier molecular flexibility index (Phi) is 7.30. The van der Waals surface area contributed by atoms with E-state index in [2.05, 4.69) is 75.0 Å². The second kappa shape index (κ2) is 10.9. The van der Waals surface area contributed by atoms with E-state index in [-0.39, 0.29) is 5.91 Å². The number of fused-ring (bicyclic) bond motifs is 1. The smallest absolute Gasteiger partial charge is 0.251 e. The molecule has 3 heterocycles. The molecule has 0 saturated carbocycles. The van der Waals surface area contributed by atoms with Crippen LogP contribution in [0.2, 0.25) is 0 Å². The Morgan fingerprint density at radius 1 is 1.05 bits per heavy atom. The molecule has 1 saturated heterocycles. The third kappa shape index (κ3) is 5.87. The highest BCUT2D eigenvalue weighted by molar-refractivity contribution is 5.95. The Bertz CT molecular complexity index is 1360. The van der Waals surface area contributed by atoms with Gasteiger partial charge in [-0.3, -0.25) is 4.79 Å². The fourth-order valence-electron chi connectivity index (χ4n) is 4.70. The van der Waals surface area contributed by atoms with Gasteiger partial charge in [0.25, 0.3) is 5.91 Å². The van der Waals surface area contributed by atoms with Crippen LogP contribution in [-0.2, 0) is 6.42 Å². The van der Waals surface area contributed by atoms with Gasteiger partial charge >= 0.3 is 0 Å². The predicted octanol–water partition coefficient (Wildman–Crippen LogP) is 4.91. The number of hydrogen-bond acceptors (Lipinski definition) is 8. The van der Waals surface area contributed by atoms with Gasteiger partial charge in [-0.15, -0.1) is 0 Å². The summed E-state index contributed by atoms with van der Waals surface area (Å²) in [5, 5.41) is 14.2. The number of benzene rings is 2. The number of nitrogens with one attached hydrogen (secondary N) is 2. The number of rotatable bonds is 8. The number of anilines is 3. The molecule has 0 aliphatic carbocycles. The number of nitrogens with zero attached hydrogens (tertiary/aromatic N) is 5. The van der Waals surface area contributed by atoms with E-state index in [4.69, 9.17) is 9.61 Å². The molecular formula is C28H33N7O2.